The number of nitrogens with one attached hydrogen (secondary N) is 1. The lowest BCUT2D eigenvalue weighted by molar-refractivity contribution is -0.139. The summed E-state index contributed by atoms with van der Waals surface area (Å²) in [7, 11) is 0. The molecular formula is C23H28N4O3. The first-order valence-electron chi connectivity index (χ1n) is 10.5. The van der Waals surface area contributed by atoms with Crippen LogP contribution in [0.3, 0.4) is 0 Å². The van der Waals surface area contributed by atoms with Crippen LogP contribution in [0.4, 0.5) is 0 Å². The average Bonchev–Trinajstić information content (AvgIpc) is 3.26. The molecule has 1 unspecified atom stereocenters. The van der Waals surface area contributed by atoms with Gasteiger partial charge in [-0.25, -0.2) is 5.10 Å². The van der Waals surface area contributed by atoms with Crippen molar-refractivity contribution in [2.45, 2.75) is 39.3 Å². The second-order valence-corrected chi connectivity index (χ2v) is 8.36. The molecule has 7 heteroatoms. The van der Waals surface area contributed by atoms with Gasteiger partial charge in [0.25, 0.3) is 5.56 Å². The molecule has 0 bridgehead atoms. The molecule has 1 N–H and O–H groups in total. The van der Waals surface area contributed by atoms with Crippen molar-refractivity contribution in [3.8, 4) is 0 Å². The van der Waals surface area contributed by atoms with Crippen LogP contribution in [-0.4, -0.2) is 51.6 Å². The minimum atomic E-state index is -0.440. The summed E-state index contributed by atoms with van der Waals surface area (Å²) in [6.45, 7) is 9.19. The Bertz CT molecular complexity index is 1070. The minimum Gasteiger partial charge on any atom is -0.468 e. The molecule has 158 valence electrons. The van der Waals surface area contributed by atoms with Crippen molar-refractivity contribution < 1.29 is 9.21 Å². The van der Waals surface area contributed by atoms with Gasteiger partial charge in [-0.2, -0.15) is 5.10 Å². The number of H-pyrrole nitrogens is 1. The summed E-state index contributed by atoms with van der Waals surface area (Å²) < 4.78 is 5.49. The zero-order valence-corrected chi connectivity index (χ0v) is 17.7. The van der Waals surface area contributed by atoms with Crippen molar-refractivity contribution in [1.82, 2.24) is 20.0 Å². The number of furan rings is 1. The normalized spacial score (nSPS) is 18.8. The number of rotatable bonds is 5. The summed E-state index contributed by atoms with van der Waals surface area (Å²) in [5.41, 5.74) is 0.385. The molecule has 1 aromatic carbocycles. The Labute approximate surface area is 175 Å². The molecule has 30 heavy (non-hydrogen) atoms. The van der Waals surface area contributed by atoms with Crippen LogP contribution >= 0.6 is 0 Å². The average molecular weight is 409 g/mol. The molecule has 2 aromatic heterocycles. The van der Waals surface area contributed by atoms with Crippen LogP contribution < -0.4 is 5.56 Å². The standard InChI is InChI=1S/C23H28N4O3/c1-15(2)20-14-26(13-17-7-6-12-30-17)10-11-27(20)23(29)16(3)21-18-8-4-5-9-19(18)22(28)25-24-21/h4-9,12,15-16,20H,10-11,13-14H2,1-3H3,(H,25,28)/t16?,20-/m1/s1. The maximum Gasteiger partial charge on any atom is 0.272 e. The molecule has 0 radical (unpaired) electrons. The summed E-state index contributed by atoms with van der Waals surface area (Å²) in [4.78, 5) is 30.0. The maximum atomic E-state index is 13.5. The second kappa shape index (κ2) is 8.44. The fourth-order valence-corrected chi connectivity index (χ4v) is 4.31. The topological polar surface area (TPSA) is 82.4 Å². The molecule has 3 aromatic rings. The van der Waals surface area contributed by atoms with E-state index in [2.05, 4.69) is 28.9 Å². The van der Waals surface area contributed by atoms with Gasteiger partial charge in [0.05, 0.1) is 29.8 Å². The summed E-state index contributed by atoms with van der Waals surface area (Å²) in [5.74, 6) is 0.871. The van der Waals surface area contributed by atoms with Crippen molar-refractivity contribution in [2.24, 2.45) is 5.92 Å². The molecule has 4 rings (SSSR count). The Kier molecular flexibility index (Phi) is 5.72. The number of carbonyl (C=O) groups excluding carboxylic acids is 1. The Balaban J connectivity index is 1.56. The van der Waals surface area contributed by atoms with Gasteiger partial charge in [0.2, 0.25) is 5.91 Å². The van der Waals surface area contributed by atoms with Crippen molar-refractivity contribution in [3.05, 3.63) is 64.5 Å². The van der Waals surface area contributed by atoms with E-state index in [1.807, 2.05) is 42.2 Å². The van der Waals surface area contributed by atoms with E-state index in [0.29, 0.717) is 23.5 Å². The SMILES string of the molecule is CC(C(=O)N1CCN(Cc2ccco2)C[C@@H]1C(C)C)c1n[nH]c(=O)c2ccccc12. The molecule has 0 spiro atoms. The lowest BCUT2D eigenvalue weighted by atomic mass is 9.95. The number of hydrogen-bond donors (Lipinski definition) is 1. The van der Waals surface area contributed by atoms with E-state index >= 15 is 0 Å². The van der Waals surface area contributed by atoms with Gasteiger partial charge < -0.3 is 9.32 Å². The monoisotopic (exact) mass is 408 g/mol. The zero-order chi connectivity index (χ0) is 21.3. The lowest BCUT2D eigenvalue weighted by Gasteiger charge is -2.44. The number of nitrogens with zero attached hydrogens (tertiary/aromatic N) is 3. The van der Waals surface area contributed by atoms with Gasteiger partial charge in [-0.15, -0.1) is 0 Å². The Morgan fingerprint density at radius 3 is 2.63 bits per heavy atom. The van der Waals surface area contributed by atoms with Gasteiger partial charge in [0, 0.05) is 31.1 Å². The van der Waals surface area contributed by atoms with E-state index in [9.17, 15) is 9.59 Å². The third kappa shape index (κ3) is 3.89. The summed E-state index contributed by atoms with van der Waals surface area (Å²) in [6.07, 6.45) is 1.69. The predicted molar refractivity (Wildman–Crippen MR) is 115 cm³/mol. The number of carbonyl (C=O) groups is 1. The highest BCUT2D eigenvalue weighted by Crippen LogP contribution is 2.27. The van der Waals surface area contributed by atoms with Crippen LogP contribution in [0, 0.1) is 5.92 Å². The summed E-state index contributed by atoms with van der Waals surface area (Å²) in [6, 6.07) is 11.3. The van der Waals surface area contributed by atoms with Gasteiger partial charge in [0.15, 0.2) is 0 Å². The first kappa shape index (κ1) is 20.3. The molecule has 1 aliphatic heterocycles. The molecule has 7 nitrogen and oxygen atoms in total. The number of fused-ring (bicyclic) bond motifs is 1. The predicted octanol–water partition coefficient (Wildman–Crippen LogP) is 2.99. The largest absolute Gasteiger partial charge is 0.468 e. The third-order valence-electron chi connectivity index (χ3n) is 6.02. The molecule has 1 fully saturated rings. The molecule has 1 saturated heterocycles. The van der Waals surface area contributed by atoms with Crippen molar-refractivity contribution in [3.63, 3.8) is 0 Å². The van der Waals surface area contributed by atoms with E-state index in [0.717, 1.165) is 30.8 Å². The van der Waals surface area contributed by atoms with Gasteiger partial charge in [-0.05, 0) is 31.0 Å². The van der Waals surface area contributed by atoms with Crippen molar-refractivity contribution in [2.75, 3.05) is 19.6 Å². The number of aromatic amines is 1. The molecule has 0 saturated carbocycles. The minimum absolute atomic E-state index is 0.0519. The van der Waals surface area contributed by atoms with E-state index in [4.69, 9.17) is 4.42 Å². The number of benzene rings is 1. The van der Waals surface area contributed by atoms with Crippen LogP contribution in [0.25, 0.3) is 10.8 Å². The lowest BCUT2D eigenvalue weighted by Crippen LogP contribution is -2.57. The number of amides is 1. The van der Waals surface area contributed by atoms with Crippen molar-refractivity contribution in [1.29, 1.82) is 0 Å². The number of piperazine rings is 1. The van der Waals surface area contributed by atoms with Gasteiger partial charge in [-0.3, -0.25) is 14.5 Å². The van der Waals surface area contributed by atoms with E-state index in [1.165, 1.54) is 0 Å². The van der Waals surface area contributed by atoms with Gasteiger partial charge in [-0.1, -0.05) is 32.0 Å². The van der Waals surface area contributed by atoms with E-state index < -0.39 is 5.92 Å². The van der Waals surface area contributed by atoms with E-state index in [1.54, 1.807) is 12.3 Å². The highest BCUT2D eigenvalue weighted by molar-refractivity contribution is 5.91. The Morgan fingerprint density at radius 2 is 1.93 bits per heavy atom. The fourth-order valence-electron chi connectivity index (χ4n) is 4.31. The Morgan fingerprint density at radius 1 is 1.17 bits per heavy atom. The van der Waals surface area contributed by atoms with Gasteiger partial charge in [0.1, 0.15) is 5.76 Å². The van der Waals surface area contributed by atoms with Crippen LogP contribution in [-0.2, 0) is 11.3 Å². The molecular weight excluding hydrogens is 380 g/mol. The number of aromatic nitrogens is 2. The highest BCUT2D eigenvalue weighted by Gasteiger charge is 2.35. The smallest absolute Gasteiger partial charge is 0.272 e. The van der Waals surface area contributed by atoms with E-state index in [-0.39, 0.29) is 17.5 Å². The van der Waals surface area contributed by atoms with Gasteiger partial charge >= 0.3 is 0 Å². The molecule has 0 aliphatic carbocycles. The van der Waals surface area contributed by atoms with Crippen LogP contribution in [0.2, 0.25) is 0 Å². The Hall–Kier alpha value is -2.93. The first-order chi connectivity index (χ1) is 14.5. The molecule has 2 atom stereocenters. The molecule has 1 aliphatic rings. The maximum absolute atomic E-state index is 13.5. The van der Waals surface area contributed by atoms with Crippen molar-refractivity contribution >= 4 is 16.7 Å². The third-order valence-corrected chi connectivity index (χ3v) is 6.02. The zero-order valence-electron chi connectivity index (χ0n) is 17.7. The first-order valence-corrected chi connectivity index (χ1v) is 10.5. The quantitative estimate of drug-likeness (QED) is 0.702. The van der Waals surface area contributed by atoms with Crippen LogP contribution in [0.1, 0.15) is 38.1 Å². The fraction of sp³-hybridized carbons (Fsp3) is 0.435. The van der Waals surface area contributed by atoms with Crippen LogP contribution in [0.15, 0.2) is 51.9 Å². The molecule has 3 heterocycles. The second-order valence-electron chi connectivity index (χ2n) is 8.36. The number of hydrogen-bond acceptors (Lipinski definition) is 5. The summed E-state index contributed by atoms with van der Waals surface area (Å²) >= 11 is 0. The molecule has 1 amide bonds. The van der Waals surface area contributed by atoms with Crippen LogP contribution in [0.5, 0.6) is 0 Å². The highest BCUT2D eigenvalue weighted by atomic mass is 16.3. The summed E-state index contributed by atoms with van der Waals surface area (Å²) in [5, 5.41) is 8.10.